The highest BCUT2D eigenvalue weighted by Gasteiger charge is 2.64. The van der Waals surface area contributed by atoms with Gasteiger partial charge in [0.25, 0.3) is 0 Å². The van der Waals surface area contributed by atoms with Crippen LogP contribution in [0, 0.1) is 46.3 Å². The van der Waals surface area contributed by atoms with E-state index in [1.54, 1.807) is 0 Å². The standard InChI is InChI=1S/C22H34O/c1-4-12-22(23)15-11-19-17-9-8-16-7-5-6-13-20(16,2)18(17)10-14-21(19,22)3/h16-19,23H,5-11,13-15H2,1-3H3/t16?,17?,18?,19?,20-,21-,22-/m0/s1. The Kier molecular flexibility index (Phi) is 3.66. The summed E-state index contributed by atoms with van der Waals surface area (Å²) in [6.45, 7) is 6.87. The van der Waals surface area contributed by atoms with Gasteiger partial charge < -0.3 is 5.11 Å². The van der Waals surface area contributed by atoms with Gasteiger partial charge in [-0.2, -0.15) is 0 Å². The van der Waals surface area contributed by atoms with Gasteiger partial charge in [-0.05, 0) is 87.4 Å². The fraction of sp³-hybridized carbons (Fsp3) is 0.909. The summed E-state index contributed by atoms with van der Waals surface area (Å²) in [4.78, 5) is 0. The molecule has 0 aliphatic heterocycles. The predicted molar refractivity (Wildman–Crippen MR) is 94.7 cm³/mol. The first-order valence-electron chi connectivity index (χ1n) is 10.1. The maximum Gasteiger partial charge on any atom is 0.131 e. The Labute approximate surface area is 142 Å². The summed E-state index contributed by atoms with van der Waals surface area (Å²) in [6.07, 6.45) is 13.3. The van der Waals surface area contributed by atoms with E-state index in [9.17, 15) is 5.11 Å². The molecule has 4 rings (SSSR count). The molecule has 1 nitrogen and oxygen atoms in total. The van der Waals surface area contributed by atoms with E-state index >= 15 is 0 Å². The molecule has 0 spiro atoms. The van der Waals surface area contributed by atoms with Crippen molar-refractivity contribution in [2.75, 3.05) is 0 Å². The van der Waals surface area contributed by atoms with E-state index in [0.717, 1.165) is 24.2 Å². The molecule has 4 fully saturated rings. The average Bonchev–Trinajstić information content (AvgIpc) is 2.79. The zero-order valence-electron chi connectivity index (χ0n) is 15.3. The Bertz CT molecular complexity index is 542. The predicted octanol–water partition coefficient (Wildman–Crippen LogP) is 5.17. The van der Waals surface area contributed by atoms with Gasteiger partial charge in [0.15, 0.2) is 0 Å². The van der Waals surface area contributed by atoms with Gasteiger partial charge in [0.05, 0.1) is 0 Å². The monoisotopic (exact) mass is 314 g/mol. The minimum atomic E-state index is -0.721. The Morgan fingerprint density at radius 3 is 2.43 bits per heavy atom. The fourth-order valence-electron chi connectivity index (χ4n) is 7.72. The van der Waals surface area contributed by atoms with Crippen molar-refractivity contribution in [1.82, 2.24) is 0 Å². The second-order valence-electron chi connectivity index (χ2n) is 9.63. The molecule has 0 radical (unpaired) electrons. The average molecular weight is 315 g/mol. The first kappa shape index (κ1) is 16.0. The molecule has 0 aromatic heterocycles. The summed E-state index contributed by atoms with van der Waals surface area (Å²) < 4.78 is 0. The number of hydrogen-bond donors (Lipinski definition) is 1. The van der Waals surface area contributed by atoms with Gasteiger partial charge in [-0.25, -0.2) is 0 Å². The van der Waals surface area contributed by atoms with E-state index in [1.807, 2.05) is 6.92 Å². The molecule has 0 aromatic rings. The second kappa shape index (κ2) is 5.26. The van der Waals surface area contributed by atoms with Crippen molar-refractivity contribution in [3.63, 3.8) is 0 Å². The van der Waals surface area contributed by atoms with E-state index in [0.29, 0.717) is 11.3 Å². The van der Waals surface area contributed by atoms with Gasteiger partial charge in [-0.1, -0.05) is 32.6 Å². The molecule has 0 saturated heterocycles. The zero-order valence-corrected chi connectivity index (χ0v) is 15.3. The molecular weight excluding hydrogens is 280 g/mol. The van der Waals surface area contributed by atoms with Crippen LogP contribution in [-0.2, 0) is 0 Å². The van der Waals surface area contributed by atoms with Gasteiger partial charge in [-0.3, -0.25) is 0 Å². The zero-order chi connectivity index (χ0) is 16.3. The van der Waals surface area contributed by atoms with Crippen LogP contribution < -0.4 is 0 Å². The van der Waals surface area contributed by atoms with Crippen molar-refractivity contribution in [1.29, 1.82) is 0 Å². The summed E-state index contributed by atoms with van der Waals surface area (Å²) in [6, 6.07) is 0. The van der Waals surface area contributed by atoms with Crippen LogP contribution in [0.25, 0.3) is 0 Å². The fourth-order valence-corrected chi connectivity index (χ4v) is 7.72. The van der Waals surface area contributed by atoms with Crippen molar-refractivity contribution in [2.45, 2.75) is 90.6 Å². The highest BCUT2D eigenvalue weighted by Crippen LogP contribution is 2.68. The maximum absolute atomic E-state index is 11.3. The van der Waals surface area contributed by atoms with E-state index in [-0.39, 0.29) is 5.41 Å². The van der Waals surface area contributed by atoms with Crippen LogP contribution in [0.2, 0.25) is 0 Å². The summed E-state index contributed by atoms with van der Waals surface area (Å²) >= 11 is 0. The van der Waals surface area contributed by atoms with Gasteiger partial charge in [0, 0.05) is 5.41 Å². The molecule has 4 saturated carbocycles. The van der Waals surface area contributed by atoms with Crippen LogP contribution in [-0.4, -0.2) is 10.7 Å². The van der Waals surface area contributed by atoms with Crippen molar-refractivity contribution < 1.29 is 5.11 Å². The second-order valence-corrected chi connectivity index (χ2v) is 9.63. The molecular formula is C22H34O. The normalized spacial score (nSPS) is 55.1. The lowest BCUT2D eigenvalue weighted by Crippen LogP contribution is -2.55. The van der Waals surface area contributed by atoms with Gasteiger partial charge in [0.2, 0.25) is 0 Å². The minimum absolute atomic E-state index is 0.0367. The first-order chi connectivity index (χ1) is 10.9. The van der Waals surface area contributed by atoms with Crippen LogP contribution in [0.15, 0.2) is 0 Å². The smallest absolute Gasteiger partial charge is 0.131 e. The van der Waals surface area contributed by atoms with Crippen molar-refractivity contribution in [3.05, 3.63) is 0 Å². The molecule has 0 heterocycles. The van der Waals surface area contributed by atoms with E-state index in [4.69, 9.17) is 0 Å². The van der Waals surface area contributed by atoms with Gasteiger partial charge >= 0.3 is 0 Å². The Morgan fingerprint density at radius 2 is 1.65 bits per heavy atom. The van der Waals surface area contributed by atoms with Gasteiger partial charge in [-0.15, -0.1) is 5.92 Å². The SMILES string of the molecule is CC#C[C@]1(O)CCC2C3CCC4CCCC[C@]4(C)C3CC[C@@]21C. The Morgan fingerprint density at radius 1 is 0.870 bits per heavy atom. The number of aliphatic hydroxyl groups is 1. The largest absolute Gasteiger partial charge is 0.377 e. The number of rotatable bonds is 0. The molecule has 0 amide bonds. The summed E-state index contributed by atoms with van der Waals surface area (Å²) in [7, 11) is 0. The van der Waals surface area contributed by atoms with Crippen molar-refractivity contribution in [2.24, 2.45) is 34.5 Å². The first-order valence-corrected chi connectivity index (χ1v) is 10.1. The lowest BCUT2D eigenvalue weighted by atomic mass is 9.44. The maximum atomic E-state index is 11.3. The summed E-state index contributed by atoms with van der Waals surface area (Å²) in [5.41, 5.74) is -0.0869. The minimum Gasteiger partial charge on any atom is -0.377 e. The lowest BCUT2D eigenvalue weighted by molar-refractivity contribution is -0.134. The highest BCUT2D eigenvalue weighted by atomic mass is 16.3. The quantitative estimate of drug-likeness (QED) is 0.611. The van der Waals surface area contributed by atoms with E-state index < -0.39 is 5.60 Å². The topological polar surface area (TPSA) is 20.2 Å². The molecule has 0 aromatic carbocycles. The summed E-state index contributed by atoms with van der Waals surface area (Å²) in [5.74, 6) is 9.71. The van der Waals surface area contributed by atoms with Crippen LogP contribution in [0.4, 0.5) is 0 Å². The Hall–Kier alpha value is -0.480. The van der Waals surface area contributed by atoms with Gasteiger partial charge in [0.1, 0.15) is 5.60 Å². The molecule has 1 N–H and O–H groups in total. The molecule has 0 bridgehead atoms. The molecule has 128 valence electrons. The van der Waals surface area contributed by atoms with Crippen LogP contribution in [0.3, 0.4) is 0 Å². The van der Waals surface area contributed by atoms with Crippen LogP contribution in [0.1, 0.15) is 85.0 Å². The van der Waals surface area contributed by atoms with E-state index in [2.05, 4.69) is 25.7 Å². The van der Waals surface area contributed by atoms with Crippen LogP contribution in [0.5, 0.6) is 0 Å². The van der Waals surface area contributed by atoms with E-state index in [1.165, 1.54) is 57.8 Å². The Balaban J connectivity index is 1.66. The molecule has 4 aliphatic rings. The van der Waals surface area contributed by atoms with Crippen LogP contribution >= 0.6 is 0 Å². The summed E-state index contributed by atoms with van der Waals surface area (Å²) in [5, 5.41) is 11.3. The number of hydrogen-bond acceptors (Lipinski definition) is 1. The third-order valence-electron chi connectivity index (χ3n) is 9.07. The molecule has 7 atom stereocenters. The molecule has 4 unspecified atom stereocenters. The molecule has 4 aliphatic carbocycles. The highest BCUT2D eigenvalue weighted by molar-refractivity contribution is 5.25. The van der Waals surface area contributed by atoms with Crippen molar-refractivity contribution in [3.8, 4) is 11.8 Å². The molecule has 23 heavy (non-hydrogen) atoms. The molecule has 1 heteroatoms. The lowest BCUT2D eigenvalue weighted by Gasteiger charge is -2.60. The third kappa shape index (κ3) is 2.03. The van der Waals surface area contributed by atoms with Crippen molar-refractivity contribution >= 4 is 0 Å². The third-order valence-corrected chi connectivity index (χ3v) is 9.07. The number of fused-ring (bicyclic) bond motifs is 5.